The van der Waals surface area contributed by atoms with Crippen molar-refractivity contribution in [2.24, 2.45) is 0 Å². The van der Waals surface area contributed by atoms with E-state index in [2.05, 4.69) is 10.6 Å². The number of benzene rings is 2. The Bertz CT molecular complexity index is 1000. The van der Waals surface area contributed by atoms with Crippen LogP contribution in [0.15, 0.2) is 48.5 Å². The Morgan fingerprint density at radius 1 is 1.13 bits per heavy atom. The van der Waals surface area contributed by atoms with Crippen molar-refractivity contribution < 1.29 is 14.4 Å². The maximum atomic E-state index is 13.4. The molecule has 30 heavy (non-hydrogen) atoms. The van der Waals surface area contributed by atoms with Crippen molar-refractivity contribution in [1.29, 1.82) is 0 Å². The SMILES string of the molecule is CC(C(=O)Nc1ccc(N(C)C)cc1)N1C(=O)NC2(CCCc3ccccc32)C1=O. The predicted molar refractivity (Wildman–Crippen MR) is 115 cm³/mol. The molecule has 0 radical (unpaired) electrons. The summed E-state index contributed by atoms with van der Waals surface area (Å²) in [5.74, 6) is -0.762. The number of amides is 4. The van der Waals surface area contributed by atoms with E-state index in [4.69, 9.17) is 0 Å². The summed E-state index contributed by atoms with van der Waals surface area (Å²) in [6.07, 6.45) is 2.21. The lowest BCUT2D eigenvalue weighted by Gasteiger charge is -2.33. The third-order valence-electron chi connectivity index (χ3n) is 6.02. The van der Waals surface area contributed by atoms with Gasteiger partial charge in [-0.1, -0.05) is 24.3 Å². The quantitative estimate of drug-likeness (QED) is 0.765. The van der Waals surface area contributed by atoms with Gasteiger partial charge in [-0.25, -0.2) is 9.69 Å². The number of carbonyl (C=O) groups excluding carboxylic acids is 3. The van der Waals surface area contributed by atoms with E-state index < -0.39 is 23.5 Å². The van der Waals surface area contributed by atoms with Crippen molar-refractivity contribution in [3.8, 4) is 0 Å². The van der Waals surface area contributed by atoms with Crippen LogP contribution in [0.4, 0.5) is 16.2 Å². The number of fused-ring (bicyclic) bond motifs is 2. The third-order valence-corrected chi connectivity index (χ3v) is 6.02. The lowest BCUT2D eigenvalue weighted by Crippen LogP contribution is -2.49. The number of aryl methyl sites for hydroxylation is 1. The first-order chi connectivity index (χ1) is 14.3. The summed E-state index contributed by atoms with van der Waals surface area (Å²) >= 11 is 0. The van der Waals surface area contributed by atoms with Gasteiger partial charge in [-0.2, -0.15) is 0 Å². The van der Waals surface area contributed by atoms with E-state index in [1.807, 2.05) is 55.4 Å². The number of urea groups is 1. The van der Waals surface area contributed by atoms with Crippen LogP contribution >= 0.6 is 0 Å². The highest BCUT2D eigenvalue weighted by Crippen LogP contribution is 2.40. The van der Waals surface area contributed by atoms with Gasteiger partial charge in [0.1, 0.15) is 11.6 Å². The molecule has 7 nitrogen and oxygen atoms in total. The van der Waals surface area contributed by atoms with Gasteiger partial charge >= 0.3 is 6.03 Å². The van der Waals surface area contributed by atoms with Gasteiger partial charge in [0.05, 0.1) is 0 Å². The Kier molecular flexibility index (Phi) is 4.97. The van der Waals surface area contributed by atoms with Gasteiger partial charge in [0, 0.05) is 25.5 Å². The van der Waals surface area contributed by atoms with Crippen molar-refractivity contribution in [3.05, 3.63) is 59.7 Å². The van der Waals surface area contributed by atoms with Crippen molar-refractivity contribution in [3.63, 3.8) is 0 Å². The second-order valence-corrected chi connectivity index (χ2v) is 8.13. The highest BCUT2D eigenvalue weighted by atomic mass is 16.2. The van der Waals surface area contributed by atoms with Crippen LogP contribution in [0.5, 0.6) is 0 Å². The number of rotatable bonds is 4. The fourth-order valence-electron chi connectivity index (χ4n) is 4.34. The molecule has 1 fully saturated rings. The van der Waals surface area contributed by atoms with Crippen LogP contribution in [0.1, 0.15) is 30.9 Å². The van der Waals surface area contributed by atoms with Gasteiger partial charge < -0.3 is 15.5 Å². The van der Waals surface area contributed by atoms with Crippen molar-refractivity contribution >= 4 is 29.2 Å². The minimum absolute atomic E-state index is 0.356. The van der Waals surface area contributed by atoms with E-state index in [0.717, 1.165) is 34.6 Å². The molecule has 0 saturated carbocycles. The van der Waals surface area contributed by atoms with E-state index in [9.17, 15) is 14.4 Å². The highest BCUT2D eigenvalue weighted by molar-refractivity contribution is 6.11. The van der Waals surface area contributed by atoms with E-state index in [1.165, 1.54) is 0 Å². The average molecular weight is 406 g/mol. The van der Waals surface area contributed by atoms with Crippen LogP contribution in [0.25, 0.3) is 0 Å². The third kappa shape index (κ3) is 3.20. The summed E-state index contributed by atoms with van der Waals surface area (Å²) in [6.45, 7) is 1.58. The standard InChI is InChI=1S/C23H26N4O3/c1-15(20(28)24-17-10-12-18(13-11-17)26(2)3)27-21(29)23(25-22(27)30)14-6-8-16-7-4-5-9-19(16)23/h4-5,7,9-13,15H,6,8,14H2,1-3H3,(H,24,28)(H,25,30). The van der Waals surface area contributed by atoms with Gasteiger partial charge in [0.25, 0.3) is 5.91 Å². The highest BCUT2D eigenvalue weighted by Gasteiger charge is 2.55. The zero-order chi connectivity index (χ0) is 21.5. The molecule has 2 aromatic rings. The van der Waals surface area contributed by atoms with Crippen molar-refractivity contribution in [1.82, 2.24) is 10.2 Å². The molecule has 4 amide bonds. The molecule has 2 aliphatic rings. The van der Waals surface area contributed by atoms with Crippen LogP contribution in [0, 0.1) is 0 Å². The maximum Gasteiger partial charge on any atom is 0.326 e. The molecular weight excluding hydrogens is 380 g/mol. The molecule has 1 spiro atoms. The summed E-state index contributed by atoms with van der Waals surface area (Å²) in [5.41, 5.74) is 2.45. The van der Waals surface area contributed by atoms with E-state index in [0.29, 0.717) is 12.1 Å². The van der Waals surface area contributed by atoms with Crippen LogP contribution in [-0.4, -0.2) is 42.9 Å². The second-order valence-electron chi connectivity index (χ2n) is 8.13. The molecule has 0 bridgehead atoms. The zero-order valence-electron chi connectivity index (χ0n) is 17.4. The molecule has 2 unspecified atom stereocenters. The lowest BCUT2D eigenvalue weighted by molar-refractivity contribution is -0.137. The first-order valence-electron chi connectivity index (χ1n) is 10.2. The van der Waals surface area contributed by atoms with Crippen molar-refractivity contribution in [2.75, 3.05) is 24.3 Å². The predicted octanol–water partition coefficient (Wildman–Crippen LogP) is 2.86. The molecule has 0 aromatic heterocycles. The molecule has 1 aliphatic heterocycles. The molecule has 1 heterocycles. The molecule has 156 valence electrons. The molecular formula is C23H26N4O3. The van der Waals surface area contributed by atoms with Crippen LogP contribution in [-0.2, 0) is 21.5 Å². The molecule has 1 aliphatic carbocycles. The number of nitrogens with one attached hydrogen (secondary N) is 2. The normalized spacial score (nSPS) is 21.2. The summed E-state index contributed by atoms with van der Waals surface area (Å²) in [6, 6.07) is 13.6. The smallest absolute Gasteiger partial charge is 0.326 e. The number of hydrogen-bond acceptors (Lipinski definition) is 4. The number of carbonyl (C=O) groups is 3. The van der Waals surface area contributed by atoms with Crippen LogP contribution in [0.3, 0.4) is 0 Å². The summed E-state index contributed by atoms with van der Waals surface area (Å²) < 4.78 is 0. The second kappa shape index (κ2) is 7.48. The minimum atomic E-state index is -1.08. The average Bonchev–Trinajstić information content (AvgIpc) is 2.98. The summed E-state index contributed by atoms with van der Waals surface area (Å²) in [5, 5.41) is 5.70. The van der Waals surface area contributed by atoms with Crippen molar-refractivity contribution in [2.45, 2.75) is 37.8 Å². The Hall–Kier alpha value is -3.35. The monoisotopic (exact) mass is 406 g/mol. The molecule has 1 saturated heterocycles. The first-order valence-corrected chi connectivity index (χ1v) is 10.2. The number of imide groups is 1. The van der Waals surface area contributed by atoms with E-state index in [-0.39, 0.29) is 5.91 Å². The van der Waals surface area contributed by atoms with Crippen LogP contribution in [0.2, 0.25) is 0 Å². The van der Waals surface area contributed by atoms with Gasteiger partial charge in [0.15, 0.2) is 0 Å². The summed E-state index contributed by atoms with van der Waals surface area (Å²) in [4.78, 5) is 42.1. The molecule has 4 rings (SSSR count). The largest absolute Gasteiger partial charge is 0.378 e. The molecule has 7 heteroatoms. The van der Waals surface area contributed by atoms with E-state index >= 15 is 0 Å². The van der Waals surface area contributed by atoms with Gasteiger partial charge in [-0.3, -0.25) is 9.59 Å². The summed E-state index contributed by atoms with van der Waals surface area (Å²) in [7, 11) is 3.87. The maximum absolute atomic E-state index is 13.4. The Morgan fingerprint density at radius 2 is 1.83 bits per heavy atom. The Balaban J connectivity index is 1.55. The van der Waals surface area contributed by atoms with Gasteiger partial charge in [-0.15, -0.1) is 0 Å². The first kappa shape index (κ1) is 19.9. The number of hydrogen-bond donors (Lipinski definition) is 2. The fraction of sp³-hybridized carbons (Fsp3) is 0.348. The van der Waals surface area contributed by atoms with E-state index in [1.54, 1.807) is 19.1 Å². The van der Waals surface area contributed by atoms with Crippen LogP contribution < -0.4 is 15.5 Å². The Labute approximate surface area is 176 Å². The lowest BCUT2D eigenvalue weighted by atomic mass is 9.76. The zero-order valence-corrected chi connectivity index (χ0v) is 17.4. The van der Waals surface area contributed by atoms with Gasteiger partial charge in [-0.05, 0) is 61.6 Å². The fourth-order valence-corrected chi connectivity index (χ4v) is 4.34. The Morgan fingerprint density at radius 3 is 2.53 bits per heavy atom. The number of anilines is 2. The van der Waals surface area contributed by atoms with Gasteiger partial charge in [0.2, 0.25) is 5.91 Å². The molecule has 2 aromatic carbocycles. The topological polar surface area (TPSA) is 81.8 Å². The minimum Gasteiger partial charge on any atom is -0.378 e. The molecule has 2 N–H and O–H groups in total. The number of nitrogens with zero attached hydrogens (tertiary/aromatic N) is 2. The molecule has 2 atom stereocenters.